The molecule has 0 saturated carbocycles. The van der Waals surface area contributed by atoms with E-state index in [2.05, 4.69) is 25.3 Å². The van der Waals surface area contributed by atoms with Gasteiger partial charge in [0.25, 0.3) is 12.0 Å². The van der Waals surface area contributed by atoms with Crippen molar-refractivity contribution in [1.29, 1.82) is 0 Å². The number of halogens is 2. The van der Waals surface area contributed by atoms with Crippen LogP contribution in [0.15, 0.2) is 69.7 Å². The highest BCUT2D eigenvalue weighted by atomic mass is 32.2. The van der Waals surface area contributed by atoms with E-state index in [-0.39, 0.29) is 11.2 Å². The SMILES string of the molecule is Cc1ccc(-n2c(Sc3ccc4nnc(C(F)F)n4n3)nc3ccccc3c2=O)nc1. The highest BCUT2D eigenvalue weighted by Crippen LogP contribution is 2.27. The zero-order chi connectivity index (χ0) is 21.5. The third-order valence-electron chi connectivity index (χ3n) is 4.52. The van der Waals surface area contributed by atoms with Gasteiger partial charge in [-0.15, -0.1) is 10.2 Å². The number of rotatable bonds is 4. The van der Waals surface area contributed by atoms with Gasteiger partial charge < -0.3 is 0 Å². The fourth-order valence-electron chi connectivity index (χ4n) is 3.05. The van der Waals surface area contributed by atoms with Crippen LogP contribution < -0.4 is 5.56 Å². The third kappa shape index (κ3) is 3.42. The molecule has 0 aliphatic carbocycles. The largest absolute Gasteiger partial charge is 0.299 e. The summed E-state index contributed by atoms with van der Waals surface area (Å²) in [5.74, 6) is -0.156. The smallest absolute Gasteiger partial charge is 0.268 e. The Morgan fingerprint density at radius 1 is 1.03 bits per heavy atom. The number of alkyl halides is 2. The number of hydrogen-bond acceptors (Lipinski definition) is 7. The van der Waals surface area contributed by atoms with Gasteiger partial charge in [0.2, 0.25) is 5.82 Å². The molecule has 0 saturated heterocycles. The van der Waals surface area contributed by atoms with Crippen molar-refractivity contribution in [2.75, 3.05) is 0 Å². The van der Waals surface area contributed by atoms with Gasteiger partial charge in [-0.2, -0.15) is 9.61 Å². The Kier molecular flexibility index (Phi) is 4.66. The Morgan fingerprint density at radius 3 is 2.65 bits per heavy atom. The number of nitrogens with zero attached hydrogens (tertiary/aromatic N) is 7. The lowest BCUT2D eigenvalue weighted by Gasteiger charge is -2.12. The molecule has 0 amide bonds. The minimum absolute atomic E-state index is 0.198. The second kappa shape index (κ2) is 7.51. The summed E-state index contributed by atoms with van der Waals surface area (Å²) in [5, 5.41) is 12.5. The maximum Gasteiger partial charge on any atom is 0.299 e. The number of para-hydroxylation sites is 1. The molecule has 0 unspecified atom stereocenters. The van der Waals surface area contributed by atoms with Crippen LogP contribution in [-0.2, 0) is 0 Å². The first-order valence-electron chi connectivity index (χ1n) is 9.14. The summed E-state index contributed by atoms with van der Waals surface area (Å²) in [6.45, 7) is 1.90. The first-order chi connectivity index (χ1) is 15.0. The molecule has 4 heterocycles. The van der Waals surface area contributed by atoms with Crippen LogP contribution in [0, 0.1) is 6.92 Å². The molecule has 0 aliphatic heterocycles. The van der Waals surface area contributed by atoms with E-state index >= 15 is 0 Å². The van der Waals surface area contributed by atoms with Crippen LogP contribution in [-0.4, -0.2) is 34.3 Å². The molecule has 8 nitrogen and oxygen atoms in total. The van der Waals surface area contributed by atoms with Crippen molar-refractivity contribution in [3.8, 4) is 5.82 Å². The highest BCUT2D eigenvalue weighted by molar-refractivity contribution is 7.99. The molecule has 0 N–H and O–H groups in total. The molecule has 11 heteroatoms. The van der Waals surface area contributed by atoms with Crippen molar-refractivity contribution in [3.63, 3.8) is 0 Å². The number of benzene rings is 1. The van der Waals surface area contributed by atoms with E-state index in [1.165, 1.54) is 10.6 Å². The lowest BCUT2D eigenvalue weighted by atomic mass is 10.2. The lowest BCUT2D eigenvalue weighted by molar-refractivity contribution is 0.137. The Morgan fingerprint density at radius 2 is 1.87 bits per heavy atom. The summed E-state index contributed by atoms with van der Waals surface area (Å²) < 4.78 is 28.8. The van der Waals surface area contributed by atoms with Gasteiger partial charge in [-0.25, -0.2) is 23.3 Å². The summed E-state index contributed by atoms with van der Waals surface area (Å²) in [6.07, 6.45) is -1.17. The van der Waals surface area contributed by atoms with Gasteiger partial charge in [0.1, 0.15) is 10.8 Å². The average molecular weight is 437 g/mol. The molecule has 0 radical (unpaired) electrons. The number of aromatic nitrogens is 7. The van der Waals surface area contributed by atoms with Gasteiger partial charge >= 0.3 is 0 Å². The highest BCUT2D eigenvalue weighted by Gasteiger charge is 2.19. The molecular formula is C20H13F2N7OS. The number of pyridine rings is 1. The summed E-state index contributed by atoms with van der Waals surface area (Å²) in [4.78, 5) is 22.2. The maximum absolute atomic E-state index is 13.3. The summed E-state index contributed by atoms with van der Waals surface area (Å²) in [7, 11) is 0. The molecule has 5 aromatic rings. The monoisotopic (exact) mass is 437 g/mol. The van der Waals surface area contributed by atoms with Crippen LogP contribution in [0.5, 0.6) is 0 Å². The number of aryl methyl sites for hydroxylation is 1. The van der Waals surface area contributed by atoms with E-state index in [9.17, 15) is 13.6 Å². The molecule has 154 valence electrons. The zero-order valence-corrected chi connectivity index (χ0v) is 16.8. The van der Waals surface area contributed by atoms with Crippen molar-refractivity contribution < 1.29 is 8.78 Å². The van der Waals surface area contributed by atoms with Gasteiger partial charge in [0.05, 0.1) is 10.9 Å². The maximum atomic E-state index is 13.3. The number of fused-ring (bicyclic) bond motifs is 2. The Balaban J connectivity index is 1.69. The van der Waals surface area contributed by atoms with E-state index in [1.54, 1.807) is 42.6 Å². The molecule has 0 spiro atoms. The number of hydrogen-bond donors (Lipinski definition) is 0. The molecule has 0 aliphatic rings. The predicted octanol–water partition coefficient (Wildman–Crippen LogP) is 3.62. The van der Waals surface area contributed by atoms with Crippen LogP contribution in [0.4, 0.5) is 8.78 Å². The van der Waals surface area contributed by atoms with E-state index in [4.69, 9.17) is 0 Å². The van der Waals surface area contributed by atoms with Crippen LogP contribution in [0.3, 0.4) is 0 Å². The van der Waals surface area contributed by atoms with Crippen LogP contribution >= 0.6 is 11.8 Å². The molecule has 4 aromatic heterocycles. The van der Waals surface area contributed by atoms with Crippen LogP contribution in [0.25, 0.3) is 22.4 Å². The fraction of sp³-hybridized carbons (Fsp3) is 0.100. The summed E-state index contributed by atoms with van der Waals surface area (Å²) >= 11 is 1.06. The minimum Gasteiger partial charge on any atom is -0.268 e. The van der Waals surface area contributed by atoms with Crippen molar-refractivity contribution in [1.82, 2.24) is 34.3 Å². The molecule has 31 heavy (non-hydrogen) atoms. The normalized spacial score (nSPS) is 11.6. The summed E-state index contributed by atoms with van der Waals surface area (Å²) in [6, 6.07) is 13.7. The molecule has 0 fully saturated rings. The van der Waals surface area contributed by atoms with E-state index in [1.807, 2.05) is 13.0 Å². The quantitative estimate of drug-likeness (QED) is 0.397. The second-order valence-electron chi connectivity index (χ2n) is 6.65. The lowest BCUT2D eigenvalue weighted by Crippen LogP contribution is -2.22. The van der Waals surface area contributed by atoms with Crippen molar-refractivity contribution in [3.05, 3.63) is 76.5 Å². The van der Waals surface area contributed by atoms with Gasteiger partial charge in [0.15, 0.2) is 10.8 Å². The van der Waals surface area contributed by atoms with Crippen molar-refractivity contribution in [2.45, 2.75) is 23.5 Å². The Hall–Kier alpha value is -3.73. The van der Waals surface area contributed by atoms with E-state index in [0.29, 0.717) is 26.9 Å². The van der Waals surface area contributed by atoms with E-state index < -0.39 is 12.2 Å². The first-order valence-corrected chi connectivity index (χ1v) is 9.96. The molecule has 1 aromatic carbocycles. The average Bonchev–Trinajstić information content (AvgIpc) is 3.19. The van der Waals surface area contributed by atoms with Gasteiger partial charge in [-0.05, 0) is 54.6 Å². The van der Waals surface area contributed by atoms with Gasteiger partial charge in [-0.1, -0.05) is 18.2 Å². The molecule has 5 rings (SSSR count). The molecular weight excluding hydrogens is 424 g/mol. The Labute approximate surface area is 177 Å². The van der Waals surface area contributed by atoms with Gasteiger partial charge in [-0.3, -0.25) is 4.79 Å². The van der Waals surface area contributed by atoms with Crippen molar-refractivity contribution in [2.24, 2.45) is 0 Å². The molecule has 0 atom stereocenters. The third-order valence-corrected chi connectivity index (χ3v) is 5.41. The second-order valence-corrected chi connectivity index (χ2v) is 7.64. The fourth-order valence-corrected chi connectivity index (χ4v) is 3.91. The van der Waals surface area contributed by atoms with Crippen LogP contribution in [0.2, 0.25) is 0 Å². The van der Waals surface area contributed by atoms with Crippen molar-refractivity contribution >= 4 is 28.3 Å². The summed E-state index contributed by atoms with van der Waals surface area (Å²) in [5.41, 5.74) is 1.36. The topological polar surface area (TPSA) is 90.9 Å². The first kappa shape index (κ1) is 19.2. The zero-order valence-electron chi connectivity index (χ0n) is 16.0. The van der Waals surface area contributed by atoms with Crippen LogP contribution in [0.1, 0.15) is 17.8 Å². The van der Waals surface area contributed by atoms with Gasteiger partial charge in [0, 0.05) is 6.20 Å². The molecule has 0 bridgehead atoms. The minimum atomic E-state index is -2.82. The standard InChI is InChI=1S/C20H13F2N7OS/c1-11-6-7-14(23-10-11)28-19(30)12-4-2-3-5-13(12)24-20(28)31-16-9-8-15-25-26-18(17(21)22)29(15)27-16/h2-10,17H,1H3. The van der Waals surface area contributed by atoms with E-state index in [0.717, 1.165) is 21.8 Å². The predicted molar refractivity (Wildman–Crippen MR) is 110 cm³/mol. The Bertz CT molecular complexity index is 1480.